The Morgan fingerprint density at radius 2 is 1.76 bits per heavy atom. The molecule has 5 heteroatoms. The minimum Gasteiger partial charge on any atom is -0.493 e. The summed E-state index contributed by atoms with van der Waals surface area (Å²) >= 11 is 6.16. The first-order chi connectivity index (χ1) is 8.19. The second-order valence-corrected chi connectivity index (χ2v) is 3.84. The van der Waals surface area contributed by atoms with Crippen LogP contribution in [-0.2, 0) is 6.42 Å². The first-order valence-corrected chi connectivity index (χ1v) is 5.65. The molecule has 0 saturated heterocycles. The molecule has 1 N–H and O–H groups in total. The second kappa shape index (κ2) is 6.57. The highest BCUT2D eigenvalue weighted by Gasteiger charge is 2.19. The fourth-order valence-corrected chi connectivity index (χ4v) is 1.95. The summed E-state index contributed by atoms with van der Waals surface area (Å²) in [6, 6.07) is 1.69. The third kappa shape index (κ3) is 2.96. The lowest BCUT2D eigenvalue weighted by Gasteiger charge is -2.17. The van der Waals surface area contributed by atoms with E-state index in [2.05, 4.69) is 0 Å². The summed E-state index contributed by atoms with van der Waals surface area (Å²) in [5.74, 6) is 1.61. The fraction of sp³-hybridized carbons (Fsp3) is 0.500. The molecule has 0 fully saturated rings. The van der Waals surface area contributed by atoms with Crippen molar-refractivity contribution in [3.63, 3.8) is 0 Å². The highest BCUT2D eigenvalue weighted by Crippen LogP contribution is 2.44. The lowest BCUT2D eigenvalue weighted by atomic mass is 10.1. The summed E-state index contributed by atoms with van der Waals surface area (Å²) < 4.78 is 15.8. The average molecular weight is 261 g/mol. The highest BCUT2D eigenvalue weighted by atomic mass is 35.5. The molecule has 0 aliphatic carbocycles. The minimum atomic E-state index is 0.105. The molecule has 0 unspecified atom stereocenters. The molecule has 96 valence electrons. The van der Waals surface area contributed by atoms with E-state index >= 15 is 0 Å². The second-order valence-electron chi connectivity index (χ2n) is 3.43. The van der Waals surface area contributed by atoms with Crippen LogP contribution in [0.3, 0.4) is 0 Å². The van der Waals surface area contributed by atoms with E-state index in [1.807, 2.05) is 0 Å². The number of hydrogen-bond donors (Lipinski definition) is 1. The maximum absolute atomic E-state index is 8.87. The number of rotatable bonds is 6. The van der Waals surface area contributed by atoms with E-state index in [1.165, 1.54) is 0 Å². The first kappa shape index (κ1) is 13.9. The predicted octanol–water partition coefficient (Wildman–Crippen LogP) is 2.29. The number of benzene rings is 1. The molecule has 0 heterocycles. The van der Waals surface area contributed by atoms with E-state index in [9.17, 15) is 0 Å². The van der Waals surface area contributed by atoms with Gasteiger partial charge in [-0.2, -0.15) is 0 Å². The molecule has 0 bridgehead atoms. The summed E-state index contributed by atoms with van der Waals surface area (Å²) in [5, 5.41) is 9.42. The number of hydrogen-bond acceptors (Lipinski definition) is 4. The number of halogens is 1. The third-order valence-electron chi connectivity index (χ3n) is 2.46. The Balaban J connectivity index is 3.27. The first-order valence-electron chi connectivity index (χ1n) is 5.27. The molecule has 1 aromatic rings. The van der Waals surface area contributed by atoms with Gasteiger partial charge >= 0.3 is 0 Å². The maximum atomic E-state index is 8.87. The van der Waals surface area contributed by atoms with E-state index in [0.717, 1.165) is 5.56 Å². The van der Waals surface area contributed by atoms with Crippen LogP contribution in [0, 0.1) is 0 Å². The largest absolute Gasteiger partial charge is 0.493 e. The molecule has 0 saturated carbocycles. The van der Waals surface area contributed by atoms with Crippen molar-refractivity contribution in [2.75, 3.05) is 27.9 Å². The van der Waals surface area contributed by atoms with Gasteiger partial charge in [0.15, 0.2) is 11.5 Å². The molecule has 4 nitrogen and oxygen atoms in total. The van der Waals surface area contributed by atoms with E-state index in [1.54, 1.807) is 27.4 Å². The number of methoxy groups -OCH3 is 3. The molecule has 0 spiro atoms. The topological polar surface area (TPSA) is 47.9 Å². The van der Waals surface area contributed by atoms with Crippen molar-refractivity contribution in [1.29, 1.82) is 0 Å². The minimum absolute atomic E-state index is 0.105. The predicted molar refractivity (Wildman–Crippen MR) is 66.5 cm³/mol. The molecule has 0 amide bonds. The van der Waals surface area contributed by atoms with Gasteiger partial charge in [0.25, 0.3) is 0 Å². The van der Waals surface area contributed by atoms with Crippen molar-refractivity contribution in [1.82, 2.24) is 0 Å². The van der Waals surface area contributed by atoms with Crippen LogP contribution in [0.15, 0.2) is 6.07 Å². The van der Waals surface area contributed by atoms with Crippen molar-refractivity contribution in [3.8, 4) is 17.2 Å². The van der Waals surface area contributed by atoms with Crippen LogP contribution in [-0.4, -0.2) is 33.0 Å². The lowest BCUT2D eigenvalue weighted by Crippen LogP contribution is -2.01. The molecule has 0 aliphatic rings. The lowest BCUT2D eigenvalue weighted by molar-refractivity contribution is 0.286. The van der Waals surface area contributed by atoms with Gasteiger partial charge in [0, 0.05) is 18.2 Å². The molecule has 17 heavy (non-hydrogen) atoms. The van der Waals surface area contributed by atoms with Crippen LogP contribution >= 0.6 is 11.6 Å². The quantitative estimate of drug-likeness (QED) is 0.853. The van der Waals surface area contributed by atoms with Crippen LogP contribution in [0.5, 0.6) is 17.2 Å². The molecule has 0 atom stereocenters. The molecule has 0 radical (unpaired) electrons. The van der Waals surface area contributed by atoms with Crippen molar-refractivity contribution < 1.29 is 19.3 Å². The highest BCUT2D eigenvalue weighted by molar-refractivity contribution is 6.31. The average Bonchev–Trinajstić information content (AvgIpc) is 2.35. The van der Waals surface area contributed by atoms with Gasteiger partial charge < -0.3 is 19.3 Å². The van der Waals surface area contributed by atoms with E-state index in [4.69, 9.17) is 30.9 Å². The summed E-state index contributed by atoms with van der Waals surface area (Å²) in [5.41, 5.74) is 0.820. The Morgan fingerprint density at radius 1 is 1.12 bits per heavy atom. The van der Waals surface area contributed by atoms with Crippen molar-refractivity contribution in [3.05, 3.63) is 16.7 Å². The van der Waals surface area contributed by atoms with Gasteiger partial charge in [0.05, 0.1) is 26.4 Å². The van der Waals surface area contributed by atoms with Gasteiger partial charge in [0.2, 0.25) is 5.75 Å². The third-order valence-corrected chi connectivity index (χ3v) is 2.80. The molecular weight excluding hydrogens is 244 g/mol. The standard InChI is InChI=1S/C12H17ClO4/c1-15-10-7-9(13)8(5-4-6-14)11(16-2)12(10)17-3/h7,14H,4-6H2,1-3H3. The van der Waals surface area contributed by atoms with Gasteiger partial charge in [-0.05, 0) is 12.8 Å². The zero-order valence-electron chi connectivity index (χ0n) is 10.2. The van der Waals surface area contributed by atoms with Crippen LogP contribution in [0.1, 0.15) is 12.0 Å². The van der Waals surface area contributed by atoms with E-state index in [-0.39, 0.29) is 6.61 Å². The molecule has 1 rings (SSSR count). The van der Waals surface area contributed by atoms with Gasteiger partial charge in [-0.25, -0.2) is 0 Å². The summed E-state index contributed by atoms with van der Waals surface area (Å²) in [6.07, 6.45) is 1.24. The molecular formula is C12H17ClO4. The van der Waals surface area contributed by atoms with Crippen LogP contribution in [0.25, 0.3) is 0 Å². The zero-order chi connectivity index (χ0) is 12.8. The maximum Gasteiger partial charge on any atom is 0.203 e. The smallest absolute Gasteiger partial charge is 0.203 e. The summed E-state index contributed by atoms with van der Waals surface area (Å²) in [6.45, 7) is 0.105. The Hall–Kier alpha value is -1.13. The van der Waals surface area contributed by atoms with Crippen LogP contribution < -0.4 is 14.2 Å². The normalized spacial score (nSPS) is 10.2. The van der Waals surface area contributed by atoms with E-state index in [0.29, 0.717) is 35.1 Å². The number of ether oxygens (including phenoxy) is 3. The molecule has 1 aromatic carbocycles. The van der Waals surface area contributed by atoms with Crippen molar-refractivity contribution in [2.24, 2.45) is 0 Å². The summed E-state index contributed by atoms with van der Waals surface area (Å²) in [4.78, 5) is 0. The molecule has 0 aliphatic heterocycles. The number of aliphatic hydroxyl groups excluding tert-OH is 1. The van der Waals surface area contributed by atoms with E-state index < -0.39 is 0 Å². The van der Waals surface area contributed by atoms with Gasteiger partial charge in [-0.15, -0.1) is 0 Å². The Morgan fingerprint density at radius 3 is 2.24 bits per heavy atom. The van der Waals surface area contributed by atoms with Crippen molar-refractivity contribution in [2.45, 2.75) is 12.8 Å². The Labute approximate surface area is 106 Å². The summed E-state index contributed by atoms with van der Waals surface area (Å²) in [7, 11) is 4.64. The Kier molecular flexibility index (Phi) is 5.38. The van der Waals surface area contributed by atoms with Crippen molar-refractivity contribution >= 4 is 11.6 Å². The van der Waals surface area contributed by atoms with Gasteiger partial charge in [0.1, 0.15) is 0 Å². The van der Waals surface area contributed by atoms with Gasteiger partial charge in [-0.1, -0.05) is 11.6 Å². The SMILES string of the molecule is COc1cc(Cl)c(CCCO)c(OC)c1OC. The van der Waals surface area contributed by atoms with Gasteiger partial charge in [-0.3, -0.25) is 0 Å². The van der Waals surface area contributed by atoms with Crippen LogP contribution in [0.4, 0.5) is 0 Å². The number of aliphatic hydroxyl groups is 1. The van der Waals surface area contributed by atoms with Crippen LogP contribution in [0.2, 0.25) is 5.02 Å². The fourth-order valence-electron chi connectivity index (χ4n) is 1.67. The molecule has 0 aromatic heterocycles. The monoisotopic (exact) mass is 260 g/mol. The Bertz CT molecular complexity index is 379. The zero-order valence-corrected chi connectivity index (χ0v) is 11.0.